The van der Waals surface area contributed by atoms with Crippen molar-refractivity contribution in [2.45, 2.75) is 24.5 Å². The summed E-state index contributed by atoms with van der Waals surface area (Å²) in [5.41, 5.74) is 0.186. The Morgan fingerprint density at radius 2 is 2.00 bits per heavy atom. The van der Waals surface area contributed by atoms with E-state index in [0.29, 0.717) is 12.7 Å². The Hall–Kier alpha value is -0.0800. The van der Waals surface area contributed by atoms with Crippen molar-refractivity contribution in [2.24, 2.45) is 47.3 Å². The highest BCUT2D eigenvalue weighted by Crippen LogP contribution is 2.90. The first-order valence-corrected chi connectivity index (χ1v) is 6.67. The van der Waals surface area contributed by atoms with E-state index in [2.05, 4.69) is 0 Å². The topological polar surface area (TPSA) is 29.5 Å². The van der Waals surface area contributed by atoms with E-state index < -0.39 is 0 Å². The maximum atomic E-state index is 9.33. The molecule has 2 saturated heterocycles. The fourth-order valence-electron chi connectivity index (χ4n) is 7.77. The van der Waals surface area contributed by atoms with Crippen LogP contribution in [-0.4, -0.2) is 23.4 Å². The standard InChI is InChI=1S/C13H16O2/c14-2-1-13-10-5-3-4-6-7(5)11(13)9(6)12(15-13)8(4)10/h4-12,14H,1-3H2/t4-,5+,6?,7?,8?,9?,10?,11?,12?,13?/m1/s1. The van der Waals surface area contributed by atoms with Crippen LogP contribution in [0.3, 0.4) is 0 Å². The highest BCUT2D eigenvalue weighted by Gasteiger charge is 2.92. The van der Waals surface area contributed by atoms with Crippen molar-refractivity contribution < 1.29 is 9.84 Å². The van der Waals surface area contributed by atoms with Crippen molar-refractivity contribution in [3.05, 3.63) is 0 Å². The third kappa shape index (κ3) is 0.416. The summed E-state index contributed by atoms with van der Waals surface area (Å²) in [6.07, 6.45) is 3.12. The first-order chi connectivity index (χ1) is 7.38. The summed E-state index contributed by atoms with van der Waals surface area (Å²) in [7, 11) is 0. The van der Waals surface area contributed by atoms with Crippen LogP contribution >= 0.6 is 0 Å². The molecule has 2 aliphatic heterocycles. The molecule has 2 heterocycles. The molecule has 0 aromatic rings. The molecule has 4 bridgehead atoms. The minimum absolute atomic E-state index is 0.186. The van der Waals surface area contributed by atoms with Gasteiger partial charge in [0.25, 0.3) is 0 Å². The van der Waals surface area contributed by atoms with Gasteiger partial charge in [0.15, 0.2) is 0 Å². The van der Waals surface area contributed by atoms with E-state index in [-0.39, 0.29) is 5.60 Å². The van der Waals surface area contributed by atoms with Crippen molar-refractivity contribution in [1.82, 2.24) is 0 Å². The number of rotatable bonds is 2. The Morgan fingerprint density at radius 1 is 1.07 bits per heavy atom. The van der Waals surface area contributed by atoms with Gasteiger partial charge in [0, 0.05) is 13.0 Å². The number of aliphatic hydroxyl groups excluding tert-OH is 1. The molecule has 80 valence electrons. The molecule has 0 aromatic carbocycles. The summed E-state index contributed by atoms with van der Waals surface area (Å²) in [6, 6.07) is 0. The van der Waals surface area contributed by atoms with Crippen LogP contribution < -0.4 is 0 Å². The van der Waals surface area contributed by atoms with E-state index in [0.717, 1.165) is 53.8 Å². The van der Waals surface area contributed by atoms with Crippen LogP contribution in [0, 0.1) is 47.3 Å². The summed E-state index contributed by atoms with van der Waals surface area (Å²) >= 11 is 0. The highest BCUT2D eigenvalue weighted by molar-refractivity contribution is 5.39. The molecule has 2 heteroatoms. The van der Waals surface area contributed by atoms with E-state index >= 15 is 0 Å². The maximum Gasteiger partial charge on any atom is 0.0777 e. The van der Waals surface area contributed by atoms with E-state index in [4.69, 9.17) is 4.74 Å². The third-order valence-electron chi connectivity index (χ3n) is 7.37. The third-order valence-corrected chi connectivity index (χ3v) is 7.37. The van der Waals surface area contributed by atoms with E-state index in [1.807, 2.05) is 0 Å². The molecule has 5 saturated carbocycles. The lowest BCUT2D eigenvalue weighted by Gasteiger charge is -2.45. The normalized spacial score (nSPS) is 82.6. The SMILES string of the molecule is OCCC12OC3C4C5C(C41)[C@@H]1C[C@H]5C3C12. The van der Waals surface area contributed by atoms with Crippen molar-refractivity contribution in [2.75, 3.05) is 6.61 Å². The van der Waals surface area contributed by atoms with E-state index in [9.17, 15) is 5.11 Å². The second-order valence-corrected chi connectivity index (χ2v) is 6.94. The van der Waals surface area contributed by atoms with Crippen molar-refractivity contribution in [1.29, 1.82) is 0 Å². The van der Waals surface area contributed by atoms with Gasteiger partial charge in [0.1, 0.15) is 0 Å². The van der Waals surface area contributed by atoms with E-state index in [1.165, 1.54) is 6.42 Å². The van der Waals surface area contributed by atoms with Gasteiger partial charge >= 0.3 is 0 Å². The molecule has 0 amide bonds. The van der Waals surface area contributed by atoms with Gasteiger partial charge in [-0.25, -0.2) is 0 Å². The number of hydrogen-bond acceptors (Lipinski definition) is 2. The molecule has 7 aliphatic rings. The van der Waals surface area contributed by atoms with Gasteiger partial charge in [0.05, 0.1) is 11.7 Å². The molecule has 7 fully saturated rings. The molecule has 0 aromatic heterocycles. The monoisotopic (exact) mass is 204 g/mol. The van der Waals surface area contributed by atoms with E-state index in [1.54, 1.807) is 0 Å². The molecule has 0 spiro atoms. The minimum Gasteiger partial charge on any atom is -0.396 e. The zero-order valence-electron chi connectivity index (χ0n) is 8.67. The quantitative estimate of drug-likeness (QED) is 0.724. The zero-order chi connectivity index (χ0) is 9.52. The number of ether oxygens (including phenoxy) is 1. The van der Waals surface area contributed by atoms with Crippen LogP contribution in [0.5, 0.6) is 0 Å². The van der Waals surface area contributed by atoms with Gasteiger partial charge in [-0.05, 0) is 53.8 Å². The summed E-state index contributed by atoms with van der Waals surface area (Å²) in [5.74, 6) is 7.84. The van der Waals surface area contributed by atoms with Gasteiger partial charge in [-0.15, -0.1) is 0 Å². The number of aliphatic hydroxyl groups is 1. The predicted octanol–water partition coefficient (Wildman–Crippen LogP) is 0.894. The molecule has 5 aliphatic carbocycles. The maximum absolute atomic E-state index is 9.33. The molecule has 10 atom stereocenters. The number of hydrogen-bond donors (Lipinski definition) is 1. The Kier molecular flexibility index (Phi) is 0.828. The van der Waals surface area contributed by atoms with Gasteiger partial charge in [-0.3, -0.25) is 0 Å². The fraction of sp³-hybridized carbons (Fsp3) is 1.00. The molecule has 7 rings (SSSR count). The van der Waals surface area contributed by atoms with Crippen LogP contribution in [-0.2, 0) is 4.74 Å². The smallest absolute Gasteiger partial charge is 0.0777 e. The van der Waals surface area contributed by atoms with Gasteiger partial charge in [-0.1, -0.05) is 0 Å². The lowest BCUT2D eigenvalue weighted by Crippen LogP contribution is -2.49. The average Bonchev–Trinajstić information content (AvgIpc) is 2.75. The van der Waals surface area contributed by atoms with Gasteiger partial charge in [0.2, 0.25) is 0 Å². The average molecular weight is 204 g/mol. The fourth-order valence-corrected chi connectivity index (χ4v) is 7.77. The first kappa shape index (κ1) is 7.29. The first-order valence-electron chi connectivity index (χ1n) is 6.67. The molecular formula is C13H16O2. The van der Waals surface area contributed by atoms with Gasteiger partial charge in [-0.2, -0.15) is 0 Å². The lowest BCUT2D eigenvalue weighted by molar-refractivity contribution is -0.0460. The largest absolute Gasteiger partial charge is 0.396 e. The second-order valence-electron chi connectivity index (χ2n) is 6.94. The molecule has 1 N–H and O–H groups in total. The highest BCUT2D eigenvalue weighted by atomic mass is 16.5. The summed E-state index contributed by atoms with van der Waals surface area (Å²) in [4.78, 5) is 0. The summed E-state index contributed by atoms with van der Waals surface area (Å²) in [5, 5.41) is 9.33. The predicted molar refractivity (Wildman–Crippen MR) is 51.8 cm³/mol. The Morgan fingerprint density at radius 3 is 2.87 bits per heavy atom. The van der Waals surface area contributed by atoms with Crippen molar-refractivity contribution in [3.8, 4) is 0 Å². The Bertz CT molecular complexity index is 384. The van der Waals surface area contributed by atoms with Crippen LogP contribution in [0.25, 0.3) is 0 Å². The minimum atomic E-state index is 0.186. The molecule has 15 heavy (non-hydrogen) atoms. The Labute approximate surface area is 89.0 Å². The van der Waals surface area contributed by atoms with Gasteiger partial charge < -0.3 is 9.84 Å². The Balaban J connectivity index is 1.66. The zero-order valence-corrected chi connectivity index (χ0v) is 8.67. The molecular weight excluding hydrogens is 188 g/mol. The van der Waals surface area contributed by atoms with Crippen LogP contribution in [0.15, 0.2) is 0 Å². The van der Waals surface area contributed by atoms with Crippen LogP contribution in [0.2, 0.25) is 0 Å². The van der Waals surface area contributed by atoms with Crippen molar-refractivity contribution >= 4 is 0 Å². The lowest BCUT2D eigenvalue weighted by atomic mass is 9.57. The summed E-state index contributed by atoms with van der Waals surface area (Å²) < 4.78 is 6.44. The molecule has 0 radical (unpaired) electrons. The second kappa shape index (κ2) is 1.70. The summed E-state index contributed by atoms with van der Waals surface area (Å²) in [6.45, 7) is 0.341. The molecule has 2 nitrogen and oxygen atoms in total. The van der Waals surface area contributed by atoms with Crippen molar-refractivity contribution in [3.63, 3.8) is 0 Å². The van der Waals surface area contributed by atoms with Crippen LogP contribution in [0.1, 0.15) is 12.8 Å². The van der Waals surface area contributed by atoms with Crippen LogP contribution in [0.4, 0.5) is 0 Å². The molecule has 8 unspecified atom stereocenters.